The lowest BCUT2D eigenvalue weighted by Crippen LogP contribution is -2.45. The van der Waals surface area contributed by atoms with Crippen molar-refractivity contribution in [1.29, 1.82) is 0 Å². The lowest BCUT2D eigenvalue weighted by molar-refractivity contribution is -0.148. The van der Waals surface area contributed by atoms with Crippen LogP contribution < -0.4 is 0 Å². The Morgan fingerprint density at radius 2 is 1.87 bits per heavy atom. The summed E-state index contributed by atoms with van der Waals surface area (Å²) in [5.41, 5.74) is 0.668. The van der Waals surface area contributed by atoms with Crippen LogP contribution in [0.4, 0.5) is 0 Å². The lowest BCUT2D eigenvalue weighted by atomic mass is 9.99. The maximum atomic E-state index is 13.0. The van der Waals surface area contributed by atoms with Crippen molar-refractivity contribution < 1.29 is 23.5 Å². The summed E-state index contributed by atoms with van der Waals surface area (Å²) in [6.07, 6.45) is 8.21. The SMILES string of the molecule is Cn1cccc1C(=O)N1CCCCC1CCOC(=O)C1CCCN1C(=O)c1ccco1. The van der Waals surface area contributed by atoms with Gasteiger partial charge in [-0.3, -0.25) is 9.59 Å². The molecule has 166 valence electrons. The summed E-state index contributed by atoms with van der Waals surface area (Å²) in [5.74, 6) is -0.407. The number of hydrogen-bond donors (Lipinski definition) is 0. The number of esters is 1. The van der Waals surface area contributed by atoms with Crippen LogP contribution in [0.5, 0.6) is 0 Å². The maximum Gasteiger partial charge on any atom is 0.328 e. The number of aromatic nitrogens is 1. The molecule has 8 nitrogen and oxygen atoms in total. The number of aryl methyl sites for hydroxylation is 1. The molecule has 0 spiro atoms. The van der Waals surface area contributed by atoms with Crippen LogP contribution in [0.2, 0.25) is 0 Å². The smallest absolute Gasteiger partial charge is 0.328 e. The number of hydrogen-bond acceptors (Lipinski definition) is 5. The minimum Gasteiger partial charge on any atom is -0.464 e. The summed E-state index contributed by atoms with van der Waals surface area (Å²) in [6.45, 7) is 1.47. The molecule has 2 aliphatic heterocycles. The van der Waals surface area contributed by atoms with Gasteiger partial charge in [-0.05, 0) is 56.4 Å². The average Bonchev–Trinajstić information content (AvgIpc) is 3.54. The summed E-state index contributed by atoms with van der Waals surface area (Å²) < 4.78 is 12.6. The fraction of sp³-hybridized carbons (Fsp3) is 0.522. The number of piperidine rings is 1. The quantitative estimate of drug-likeness (QED) is 0.662. The molecule has 2 aromatic heterocycles. The average molecular weight is 428 g/mol. The molecule has 0 aromatic carbocycles. The van der Waals surface area contributed by atoms with Gasteiger partial charge in [0.05, 0.1) is 12.9 Å². The van der Waals surface area contributed by atoms with E-state index in [-0.39, 0.29) is 36.2 Å². The third-order valence-corrected chi connectivity index (χ3v) is 6.26. The van der Waals surface area contributed by atoms with Crippen LogP contribution in [0.25, 0.3) is 0 Å². The first-order valence-electron chi connectivity index (χ1n) is 11.0. The number of nitrogens with zero attached hydrogens (tertiary/aromatic N) is 3. The summed E-state index contributed by atoms with van der Waals surface area (Å²) >= 11 is 0. The molecule has 0 bridgehead atoms. The van der Waals surface area contributed by atoms with Crippen LogP contribution in [0.3, 0.4) is 0 Å². The van der Waals surface area contributed by atoms with Gasteiger partial charge in [-0.25, -0.2) is 4.79 Å². The van der Waals surface area contributed by atoms with Crippen molar-refractivity contribution in [2.45, 2.75) is 50.6 Å². The molecule has 2 amide bonds. The largest absolute Gasteiger partial charge is 0.464 e. The van der Waals surface area contributed by atoms with E-state index in [1.165, 1.54) is 11.2 Å². The zero-order valence-electron chi connectivity index (χ0n) is 17.9. The predicted octanol–water partition coefficient (Wildman–Crippen LogP) is 2.85. The molecule has 2 atom stereocenters. The molecule has 2 saturated heterocycles. The molecule has 8 heteroatoms. The van der Waals surface area contributed by atoms with Gasteiger partial charge in [0.15, 0.2) is 5.76 Å². The van der Waals surface area contributed by atoms with E-state index in [1.807, 2.05) is 34.8 Å². The number of amides is 2. The fourth-order valence-corrected chi connectivity index (χ4v) is 4.59. The fourth-order valence-electron chi connectivity index (χ4n) is 4.59. The van der Waals surface area contributed by atoms with Crippen molar-refractivity contribution in [3.05, 3.63) is 48.2 Å². The highest BCUT2D eigenvalue weighted by molar-refractivity contribution is 5.95. The second-order valence-electron chi connectivity index (χ2n) is 8.24. The molecule has 2 aromatic rings. The molecule has 4 heterocycles. The van der Waals surface area contributed by atoms with E-state index in [9.17, 15) is 14.4 Å². The van der Waals surface area contributed by atoms with Gasteiger partial charge in [0.2, 0.25) is 0 Å². The molecule has 2 unspecified atom stereocenters. The number of rotatable bonds is 6. The van der Waals surface area contributed by atoms with Gasteiger partial charge in [-0.1, -0.05) is 0 Å². The van der Waals surface area contributed by atoms with E-state index >= 15 is 0 Å². The van der Waals surface area contributed by atoms with Crippen LogP contribution in [0.1, 0.15) is 59.6 Å². The van der Waals surface area contributed by atoms with Crippen LogP contribution in [-0.2, 0) is 16.6 Å². The Balaban J connectivity index is 1.32. The van der Waals surface area contributed by atoms with Crippen LogP contribution in [0, 0.1) is 0 Å². The molecule has 0 N–H and O–H groups in total. The van der Waals surface area contributed by atoms with Crippen molar-refractivity contribution >= 4 is 17.8 Å². The number of likely N-dealkylation sites (tertiary alicyclic amines) is 2. The topological polar surface area (TPSA) is 85.0 Å². The third kappa shape index (κ3) is 4.52. The molecule has 31 heavy (non-hydrogen) atoms. The Kier molecular flexibility index (Phi) is 6.44. The van der Waals surface area contributed by atoms with Crippen molar-refractivity contribution in [3.8, 4) is 0 Å². The molecule has 4 rings (SSSR count). The molecular formula is C23H29N3O5. The second kappa shape index (κ2) is 9.41. The number of furan rings is 1. The first-order chi connectivity index (χ1) is 15.1. The van der Waals surface area contributed by atoms with Crippen LogP contribution in [0.15, 0.2) is 41.1 Å². The van der Waals surface area contributed by atoms with Crippen LogP contribution >= 0.6 is 0 Å². The highest BCUT2D eigenvalue weighted by atomic mass is 16.5. The minimum absolute atomic E-state index is 0.0227. The minimum atomic E-state index is -0.579. The lowest BCUT2D eigenvalue weighted by Gasteiger charge is -2.36. The van der Waals surface area contributed by atoms with E-state index in [1.54, 1.807) is 12.1 Å². The molecule has 0 radical (unpaired) electrons. The Bertz CT molecular complexity index is 920. The predicted molar refractivity (Wildman–Crippen MR) is 112 cm³/mol. The highest BCUT2D eigenvalue weighted by Crippen LogP contribution is 2.24. The molecule has 2 fully saturated rings. The van der Waals surface area contributed by atoms with Gasteiger partial charge in [0.25, 0.3) is 11.8 Å². The highest BCUT2D eigenvalue weighted by Gasteiger charge is 2.37. The normalized spacial score (nSPS) is 21.3. The summed E-state index contributed by atoms with van der Waals surface area (Å²) in [5, 5.41) is 0. The first-order valence-corrected chi connectivity index (χ1v) is 11.0. The van der Waals surface area contributed by atoms with Gasteiger partial charge in [-0.2, -0.15) is 0 Å². The molecule has 0 aliphatic carbocycles. The van der Waals surface area contributed by atoms with Crippen molar-refractivity contribution in [1.82, 2.24) is 14.4 Å². The van der Waals surface area contributed by atoms with E-state index < -0.39 is 6.04 Å². The van der Waals surface area contributed by atoms with Gasteiger partial charge >= 0.3 is 5.97 Å². The zero-order chi connectivity index (χ0) is 21.8. The molecule has 2 aliphatic rings. The Labute approximate surface area is 181 Å². The Morgan fingerprint density at radius 1 is 1.03 bits per heavy atom. The standard InChI is InChI=1S/C23H29N3O5/c1-24-12-4-8-18(24)21(27)25-13-3-2-7-17(25)11-16-31-23(29)19-9-5-14-26(19)22(28)20-10-6-15-30-20/h4,6,8,10,12,15,17,19H,2-3,5,7,9,11,13-14,16H2,1H3. The van der Waals surface area contributed by atoms with Gasteiger partial charge in [-0.15, -0.1) is 0 Å². The van der Waals surface area contributed by atoms with Crippen molar-refractivity contribution in [2.24, 2.45) is 7.05 Å². The third-order valence-electron chi connectivity index (χ3n) is 6.26. The first kappa shape index (κ1) is 21.2. The number of carbonyl (C=O) groups excluding carboxylic acids is 3. The van der Waals surface area contributed by atoms with E-state index in [0.29, 0.717) is 25.1 Å². The van der Waals surface area contributed by atoms with E-state index in [4.69, 9.17) is 9.15 Å². The van der Waals surface area contributed by atoms with Gasteiger partial charge in [0, 0.05) is 38.8 Å². The monoisotopic (exact) mass is 427 g/mol. The van der Waals surface area contributed by atoms with Crippen molar-refractivity contribution in [3.63, 3.8) is 0 Å². The summed E-state index contributed by atoms with van der Waals surface area (Å²) in [6, 6.07) is 6.43. The Morgan fingerprint density at radius 3 is 2.61 bits per heavy atom. The second-order valence-corrected chi connectivity index (χ2v) is 8.24. The number of carbonyl (C=O) groups is 3. The number of ether oxygens (including phenoxy) is 1. The maximum absolute atomic E-state index is 13.0. The Hall–Kier alpha value is -3.03. The van der Waals surface area contributed by atoms with E-state index in [0.717, 1.165) is 32.2 Å². The van der Waals surface area contributed by atoms with Gasteiger partial charge < -0.3 is 23.5 Å². The zero-order valence-corrected chi connectivity index (χ0v) is 17.9. The van der Waals surface area contributed by atoms with Crippen LogP contribution in [-0.4, -0.2) is 63.9 Å². The van der Waals surface area contributed by atoms with Gasteiger partial charge in [0.1, 0.15) is 11.7 Å². The summed E-state index contributed by atoms with van der Waals surface area (Å²) in [4.78, 5) is 41.7. The molecular weight excluding hydrogens is 398 g/mol. The summed E-state index contributed by atoms with van der Waals surface area (Å²) in [7, 11) is 1.87. The van der Waals surface area contributed by atoms with Crippen molar-refractivity contribution in [2.75, 3.05) is 19.7 Å². The molecule has 0 saturated carbocycles. The van der Waals surface area contributed by atoms with E-state index in [2.05, 4.69) is 0 Å².